The van der Waals surface area contributed by atoms with Crippen LogP contribution >= 0.6 is 0 Å². The van der Waals surface area contributed by atoms with Gasteiger partial charge in [0, 0.05) is 19.2 Å². The van der Waals surface area contributed by atoms with Gasteiger partial charge in [-0.1, -0.05) is 6.07 Å². The van der Waals surface area contributed by atoms with Gasteiger partial charge in [-0.15, -0.1) is 0 Å². The molecule has 1 amide bonds. The van der Waals surface area contributed by atoms with E-state index in [2.05, 4.69) is 0 Å². The van der Waals surface area contributed by atoms with E-state index in [1.807, 2.05) is 0 Å². The zero-order valence-electron chi connectivity index (χ0n) is 12.3. The van der Waals surface area contributed by atoms with Crippen LogP contribution < -0.4 is 0 Å². The van der Waals surface area contributed by atoms with Crippen LogP contribution in [-0.2, 0) is 4.74 Å². The number of hydrogen-bond donors (Lipinski definition) is 1. The van der Waals surface area contributed by atoms with Crippen molar-refractivity contribution in [2.45, 2.75) is 26.4 Å². The predicted octanol–water partition coefficient (Wildman–Crippen LogP) is 1.71. The fourth-order valence-corrected chi connectivity index (χ4v) is 1.59. The van der Waals surface area contributed by atoms with Crippen molar-refractivity contribution in [2.75, 3.05) is 20.2 Å². The van der Waals surface area contributed by atoms with Crippen LogP contribution in [0.25, 0.3) is 0 Å². The Morgan fingerprint density at radius 2 is 1.85 bits per heavy atom. The molecule has 0 radical (unpaired) electrons. The highest BCUT2D eigenvalue weighted by atomic mass is 16.6. The molecule has 0 fully saturated rings. The summed E-state index contributed by atoms with van der Waals surface area (Å²) in [6, 6.07) is 6.38. The minimum absolute atomic E-state index is 0.103. The Labute approximate surface area is 119 Å². The highest BCUT2D eigenvalue weighted by molar-refractivity contribution is 5.97. The van der Waals surface area contributed by atoms with Gasteiger partial charge in [0.05, 0.1) is 12.2 Å². The standard InChI is InChI=1S/C15H21NO4/c1-15(2,3)20-14(19)12-7-5-6-11(10-12)13(18)16(4)8-9-17/h5-7,10,17H,8-9H2,1-4H3. The van der Waals surface area contributed by atoms with Gasteiger partial charge in [0.1, 0.15) is 5.60 Å². The van der Waals surface area contributed by atoms with Crippen LogP contribution in [0.5, 0.6) is 0 Å². The van der Waals surface area contributed by atoms with Gasteiger partial charge < -0.3 is 14.7 Å². The summed E-state index contributed by atoms with van der Waals surface area (Å²) in [5.41, 5.74) is 0.151. The molecular formula is C15H21NO4. The molecule has 5 nitrogen and oxygen atoms in total. The maximum absolute atomic E-state index is 12.1. The second-order valence-corrected chi connectivity index (χ2v) is 5.53. The summed E-state index contributed by atoms with van der Waals surface area (Å²) in [6.07, 6.45) is 0. The zero-order valence-corrected chi connectivity index (χ0v) is 12.3. The van der Waals surface area contributed by atoms with Gasteiger partial charge in [-0.05, 0) is 39.0 Å². The lowest BCUT2D eigenvalue weighted by Gasteiger charge is -2.20. The summed E-state index contributed by atoms with van der Waals surface area (Å²) < 4.78 is 5.26. The Morgan fingerprint density at radius 3 is 2.40 bits per heavy atom. The summed E-state index contributed by atoms with van der Waals surface area (Å²) in [7, 11) is 1.60. The number of aliphatic hydroxyl groups is 1. The topological polar surface area (TPSA) is 66.8 Å². The third-order valence-corrected chi connectivity index (χ3v) is 2.53. The lowest BCUT2D eigenvalue weighted by atomic mass is 10.1. The number of carbonyl (C=O) groups excluding carboxylic acids is 2. The van der Waals surface area contributed by atoms with E-state index in [0.29, 0.717) is 11.1 Å². The molecule has 110 valence electrons. The van der Waals surface area contributed by atoms with Crippen molar-refractivity contribution in [2.24, 2.45) is 0 Å². The number of nitrogens with zero attached hydrogens (tertiary/aromatic N) is 1. The van der Waals surface area contributed by atoms with Gasteiger partial charge in [-0.25, -0.2) is 4.79 Å². The van der Waals surface area contributed by atoms with E-state index in [4.69, 9.17) is 9.84 Å². The molecule has 1 aromatic carbocycles. The molecule has 0 saturated carbocycles. The van der Waals surface area contributed by atoms with E-state index in [9.17, 15) is 9.59 Å². The van der Waals surface area contributed by atoms with Gasteiger partial charge in [-0.2, -0.15) is 0 Å². The Bertz CT molecular complexity index is 491. The first-order valence-corrected chi connectivity index (χ1v) is 6.44. The lowest BCUT2D eigenvalue weighted by Crippen LogP contribution is -2.29. The van der Waals surface area contributed by atoms with Gasteiger partial charge >= 0.3 is 5.97 Å². The fourth-order valence-electron chi connectivity index (χ4n) is 1.59. The summed E-state index contributed by atoms with van der Waals surface area (Å²) in [4.78, 5) is 25.4. The number of rotatable bonds is 4. The first-order valence-electron chi connectivity index (χ1n) is 6.44. The summed E-state index contributed by atoms with van der Waals surface area (Å²) in [6.45, 7) is 5.50. The maximum Gasteiger partial charge on any atom is 0.338 e. The second kappa shape index (κ2) is 6.52. The highest BCUT2D eigenvalue weighted by Crippen LogP contribution is 2.14. The van der Waals surface area contributed by atoms with Crippen molar-refractivity contribution < 1.29 is 19.4 Å². The van der Waals surface area contributed by atoms with E-state index >= 15 is 0 Å². The Hall–Kier alpha value is -1.88. The molecule has 1 N–H and O–H groups in total. The van der Waals surface area contributed by atoms with Crippen molar-refractivity contribution in [3.63, 3.8) is 0 Å². The van der Waals surface area contributed by atoms with E-state index in [1.165, 1.54) is 11.0 Å². The molecule has 0 bridgehead atoms. The Kier molecular flexibility index (Phi) is 5.27. The van der Waals surface area contributed by atoms with Gasteiger partial charge in [0.2, 0.25) is 0 Å². The molecule has 0 heterocycles. The molecule has 20 heavy (non-hydrogen) atoms. The van der Waals surface area contributed by atoms with Crippen molar-refractivity contribution in [1.29, 1.82) is 0 Å². The Balaban J connectivity index is 2.91. The lowest BCUT2D eigenvalue weighted by molar-refractivity contribution is 0.00695. The minimum Gasteiger partial charge on any atom is -0.456 e. The van der Waals surface area contributed by atoms with E-state index in [1.54, 1.807) is 46.0 Å². The van der Waals surface area contributed by atoms with Crippen LogP contribution in [0.15, 0.2) is 24.3 Å². The summed E-state index contributed by atoms with van der Waals surface area (Å²) in [5, 5.41) is 8.83. The molecule has 0 aliphatic rings. The largest absolute Gasteiger partial charge is 0.456 e. The smallest absolute Gasteiger partial charge is 0.338 e. The highest BCUT2D eigenvalue weighted by Gasteiger charge is 2.19. The van der Waals surface area contributed by atoms with E-state index in [0.717, 1.165) is 0 Å². The Morgan fingerprint density at radius 1 is 1.25 bits per heavy atom. The third kappa shape index (κ3) is 4.66. The molecule has 0 aromatic heterocycles. The normalized spacial score (nSPS) is 11.1. The van der Waals surface area contributed by atoms with Crippen LogP contribution in [0.1, 0.15) is 41.5 Å². The van der Waals surface area contributed by atoms with E-state index in [-0.39, 0.29) is 19.1 Å². The maximum atomic E-state index is 12.1. The summed E-state index contributed by atoms with van der Waals surface area (Å²) in [5.74, 6) is -0.707. The number of likely N-dealkylation sites (N-methyl/N-ethyl adjacent to an activating group) is 1. The molecule has 0 unspecified atom stereocenters. The van der Waals surface area contributed by atoms with Gasteiger partial charge in [0.15, 0.2) is 0 Å². The third-order valence-electron chi connectivity index (χ3n) is 2.53. The van der Waals surface area contributed by atoms with Gasteiger partial charge in [0.25, 0.3) is 5.91 Å². The molecule has 0 saturated heterocycles. The molecular weight excluding hydrogens is 258 g/mol. The van der Waals surface area contributed by atoms with Crippen molar-refractivity contribution in [3.8, 4) is 0 Å². The number of carbonyl (C=O) groups is 2. The fraction of sp³-hybridized carbons (Fsp3) is 0.467. The number of amides is 1. The van der Waals surface area contributed by atoms with Crippen LogP contribution in [-0.4, -0.2) is 47.7 Å². The first kappa shape index (κ1) is 16.2. The average molecular weight is 279 g/mol. The first-order chi connectivity index (χ1) is 9.24. The molecule has 1 aromatic rings. The van der Waals surface area contributed by atoms with Crippen LogP contribution in [0, 0.1) is 0 Å². The second-order valence-electron chi connectivity index (χ2n) is 5.53. The number of benzene rings is 1. The average Bonchev–Trinajstić information content (AvgIpc) is 2.36. The molecule has 0 spiro atoms. The molecule has 0 aliphatic carbocycles. The van der Waals surface area contributed by atoms with Crippen molar-refractivity contribution >= 4 is 11.9 Å². The van der Waals surface area contributed by atoms with Crippen molar-refractivity contribution in [3.05, 3.63) is 35.4 Å². The zero-order chi connectivity index (χ0) is 15.3. The monoisotopic (exact) mass is 279 g/mol. The van der Waals surface area contributed by atoms with Gasteiger partial charge in [-0.3, -0.25) is 4.79 Å². The number of hydrogen-bond acceptors (Lipinski definition) is 4. The number of aliphatic hydroxyl groups excluding tert-OH is 1. The molecule has 0 aliphatic heterocycles. The predicted molar refractivity (Wildman–Crippen MR) is 75.7 cm³/mol. The summed E-state index contributed by atoms with van der Waals surface area (Å²) >= 11 is 0. The number of ether oxygens (including phenoxy) is 1. The van der Waals surface area contributed by atoms with Crippen LogP contribution in [0.3, 0.4) is 0 Å². The minimum atomic E-state index is -0.579. The number of esters is 1. The van der Waals surface area contributed by atoms with Crippen LogP contribution in [0.2, 0.25) is 0 Å². The molecule has 5 heteroatoms. The van der Waals surface area contributed by atoms with E-state index < -0.39 is 11.6 Å². The van der Waals surface area contributed by atoms with Crippen molar-refractivity contribution in [1.82, 2.24) is 4.90 Å². The van der Waals surface area contributed by atoms with Crippen LogP contribution in [0.4, 0.5) is 0 Å². The molecule has 1 rings (SSSR count). The SMILES string of the molecule is CN(CCO)C(=O)c1cccc(C(=O)OC(C)(C)C)c1. The quantitative estimate of drug-likeness (QED) is 0.852. The molecule has 0 atom stereocenters.